The molecule has 0 aliphatic rings. The third-order valence-corrected chi connectivity index (χ3v) is 4.57. The lowest BCUT2D eigenvalue weighted by molar-refractivity contribution is -0.129. The number of para-hydroxylation sites is 2. The van der Waals surface area contributed by atoms with Crippen molar-refractivity contribution in [1.29, 1.82) is 0 Å². The predicted octanol–water partition coefficient (Wildman–Crippen LogP) is 3.71. The summed E-state index contributed by atoms with van der Waals surface area (Å²) in [5.41, 5.74) is 0. The van der Waals surface area contributed by atoms with Crippen molar-refractivity contribution in [2.75, 3.05) is 13.1 Å². The predicted molar refractivity (Wildman–Crippen MR) is 118 cm³/mol. The van der Waals surface area contributed by atoms with Crippen LogP contribution in [0.15, 0.2) is 60.7 Å². The Kier molecular flexibility index (Phi) is 10.3. The van der Waals surface area contributed by atoms with Crippen molar-refractivity contribution in [1.82, 2.24) is 10.6 Å². The van der Waals surface area contributed by atoms with Crippen LogP contribution in [-0.2, 0) is 9.59 Å². The average Bonchev–Trinajstić information content (AvgIpc) is 2.79. The van der Waals surface area contributed by atoms with Crippen LogP contribution in [0.25, 0.3) is 0 Å². The lowest BCUT2D eigenvalue weighted by Crippen LogP contribution is -2.39. The SMILES string of the molecule is CC[C@H](Oc1ccccc1)C(=O)NCCCCNC(=O)[C@@H](CC)Oc1ccccc1. The Morgan fingerprint density at radius 2 is 1.07 bits per heavy atom. The highest BCUT2D eigenvalue weighted by Gasteiger charge is 2.19. The minimum atomic E-state index is -0.507. The summed E-state index contributed by atoms with van der Waals surface area (Å²) in [7, 11) is 0. The third kappa shape index (κ3) is 8.15. The fraction of sp³-hybridized carbons (Fsp3) is 0.417. The standard InChI is InChI=1S/C24H32N2O4/c1-3-21(29-19-13-7-5-8-14-19)23(27)25-17-11-12-18-26-24(28)22(4-2)30-20-15-9-6-10-16-20/h5-10,13-16,21-22H,3-4,11-12,17-18H2,1-2H3,(H,25,27)(H,26,28)/t21-,22+. The van der Waals surface area contributed by atoms with Gasteiger partial charge in [0, 0.05) is 13.1 Å². The van der Waals surface area contributed by atoms with Crippen molar-refractivity contribution in [3.8, 4) is 11.5 Å². The number of carbonyl (C=O) groups is 2. The van der Waals surface area contributed by atoms with Gasteiger partial charge in [-0.05, 0) is 49.9 Å². The number of carbonyl (C=O) groups excluding carboxylic acids is 2. The van der Waals surface area contributed by atoms with Crippen molar-refractivity contribution in [2.24, 2.45) is 0 Å². The Morgan fingerprint density at radius 3 is 1.40 bits per heavy atom. The Hall–Kier alpha value is -3.02. The summed E-state index contributed by atoms with van der Waals surface area (Å²) >= 11 is 0. The second-order valence-corrected chi connectivity index (χ2v) is 6.94. The van der Waals surface area contributed by atoms with Gasteiger partial charge in [-0.2, -0.15) is 0 Å². The molecule has 0 aliphatic heterocycles. The van der Waals surface area contributed by atoms with E-state index >= 15 is 0 Å². The summed E-state index contributed by atoms with van der Waals surface area (Å²) in [4.78, 5) is 24.6. The summed E-state index contributed by atoms with van der Waals surface area (Å²) < 4.78 is 11.5. The molecule has 0 fully saturated rings. The third-order valence-electron chi connectivity index (χ3n) is 4.57. The first-order chi connectivity index (χ1) is 14.6. The monoisotopic (exact) mass is 412 g/mol. The van der Waals surface area contributed by atoms with E-state index in [4.69, 9.17) is 9.47 Å². The Labute approximate surface area is 179 Å². The molecule has 0 unspecified atom stereocenters. The molecule has 0 aromatic heterocycles. The maximum atomic E-state index is 12.3. The molecule has 2 aromatic rings. The number of amides is 2. The largest absolute Gasteiger partial charge is 0.481 e. The van der Waals surface area contributed by atoms with Crippen LogP contribution in [0.1, 0.15) is 39.5 Å². The molecule has 0 saturated carbocycles. The molecule has 2 amide bonds. The van der Waals surface area contributed by atoms with E-state index in [9.17, 15) is 9.59 Å². The van der Waals surface area contributed by atoms with Gasteiger partial charge in [0.25, 0.3) is 11.8 Å². The van der Waals surface area contributed by atoms with Crippen LogP contribution in [0, 0.1) is 0 Å². The Bertz CT molecular complexity index is 687. The van der Waals surface area contributed by atoms with Crippen LogP contribution >= 0.6 is 0 Å². The normalized spacial score (nSPS) is 12.5. The highest BCUT2D eigenvalue weighted by atomic mass is 16.5. The van der Waals surface area contributed by atoms with Gasteiger partial charge in [-0.1, -0.05) is 50.2 Å². The molecule has 6 nitrogen and oxygen atoms in total. The molecule has 2 N–H and O–H groups in total. The highest BCUT2D eigenvalue weighted by Crippen LogP contribution is 2.13. The smallest absolute Gasteiger partial charge is 0.261 e. The molecule has 0 heterocycles. The molecular formula is C24H32N2O4. The lowest BCUT2D eigenvalue weighted by atomic mass is 10.2. The van der Waals surface area contributed by atoms with Gasteiger partial charge in [-0.25, -0.2) is 0 Å². The van der Waals surface area contributed by atoms with Crippen molar-refractivity contribution >= 4 is 11.8 Å². The van der Waals surface area contributed by atoms with E-state index < -0.39 is 12.2 Å². The van der Waals surface area contributed by atoms with Crippen LogP contribution in [-0.4, -0.2) is 37.1 Å². The second kappa shape index (κ2) is 13.2. The van der Waals surface area contributed by atoms with Gasteiger partial charge in [0.1, 0.15) is 11.5 Å². The first-order valence-electron chi connectivity index (χ1n) is 10.6. The number of benzene rings is 2. The van der Waals surface area contributed by atoms with Crippen molar-refractivity contribution in [3.63, 3.8) is 0 Å². The van der Waals surface area contributed by atoms with E-state index in [2.05, 4.69) is 10.6 Å². The highest BCUT2D eigenvalue weighted by molar-refractivity contribution is 5.81. The van der Waals surface area contributed by atoms with Crippen LogP contribution in [0.4, 0.5) is 0 Å². The van der Waals surface area contributed by atoms with E-state index in [1.54, 1.807) is 0 Å². The van der Waals surface area contributed by atoms with Gasteiger partial charge in [0.05, 0.1) is 0 Å². The number of unbranched alkanes of at least 4 members (excludes halogenated alkanes) is 1. The molecule has 0 spiro atoms. The van der Waals surface area contributed by atoms with E-state index in [0.29, 0.717) is 37.4 Å². The molecule has 2 atom stereocenters. The fourth-order valence-electron chi connectivity index (χ4n) is 2.87. The molecule has 0 aliphatic carbocycles. The maximum absolute atomic E-state index is 12.3. The number of hydrogen-bond acceptors (Lipinski definition) is 4. The molecule has 162 valence electrons. The van der Waals surface area contributed by atoms with E-state index in [1.165, 1.54) is 0 Å². The molecular weight excluding hydrogens is 380 g/mol. The van der Waals surface area contributed by atoms with Crippen LogP contribution in [0.2, 0.25) is 0 Å². The summed E-state index contributed by atoms with van der Waals surface area (Å²) in [5.74, 6) is 1.14. The summed E-state index contributed by atoms with van der Waals surface area (Å²) in [6, 6.07) is 18.7. The summed E-state index contributed by atoms with van der Waals surface area (Å²) in [5, 5.41) is 5.81. The molecule has 0 radical (unpaired) electrons. The van der Waals surface area contributed by atoms with E-state index in [-0.39, 0.29) is 11.8 Å². The first kappa shape index (κ1) is 23.3. The van der Waals surface area contributed by atoms with Gasteiger partial charge in [0.2, 0.25) is 0 Å². The Morgan fingerprint density at radius 1 is 0.700 bits per heavy atom. The number of hydrogen-bond donors (Lipinski definition) is 2. The molecule has 2 rings (SSSR count). The fourth-order valence-corrected chi connectivity index (χ4v) is 2.87. The van der Waals surface area contributed by atoms with Crippen LogP contribution < -0.4 is 20.1 Å². The molecule has 6 heteroatoms. The topological polar surface area (TPSA) is 76.7 Å². The minimum Gasteiger partial charge on any atom is -0.481 e. The van der Waals surface area contributed by atoms with Crippen molar-refractivity contribution in [2.45, 2.75) is 51.7 Å². The van der Waals surface area contributed by atoms with Crippen LogP contribution in [0.5, 0.6) is 11.5 Å². The molecule has 0 bridgehead atoms. The molecule has 30 heavy (non-hydrogen) atoms. The minimum absolute atomic E-state index is 0.118. The first-order valence-corrected chi connectivity index (χ1v) is 10.6. The van der Waals surface area contributed by atoms with E-state index in [0.717, 1.165) is 12.8 Å². The van der Waals surface area contributed by atoms with Crippen molar-refractivity contribution < 1.29 is 19.1 Å². The zero-order chi connectivity index (χ0) is 21.6. The van der Waals surface area contributed by atoms with Gasteiger partial charge >= 0.3 is 0 Å². The Balaban J connectivity index is 1.62. The lowest BCUT2D eigenvalue weighted by Gasteiger charge is -2.18. The van der Waals surface area contributed by atoms with Gasteiger partial charge in [-0.15, -0.1) is 0 Å². The zero-order valence-electron chi connectivity index (χ0n) is 17.8. The number of rotatable bonds is 13. The molecule has 0 saturated heterocycles. The van der Waals surface area contributed by atoms with Crippen molar-refractivity contribution in [3.05, 3.63) is 60.7 Å². The van der Waals surface area contributed by atoms with Gasteiger partial charge in [-0.3, -0.25) is 9.59 Å². The maximum Gasteiger partial charge on any atom is 0.261 e. The molecule has 2 aromatic carbocycles. The average molecular weight is 413 g/mol. The summed E-state index contributed by atoms with van der Waals surface area (Å²) in [6.45, 7) is 4.93. The van der Waals surface area contributed by atoms with Gasteiger partial charge in [0.15, 0.2) is 12.2 Å². The second-order valence-electron chi connectivity index (χ2n) is 6.94. The number of nitrogens with one attached hydrogen (secondary N) is 2. The van der Waals surface area contributed by atoms with Gasteiger partial charge < -0.3 is 20.1 Å². The number of ether oxygens (including phenoxy) is 2. The van der Waals surface area contributed by atoms with Crippen LogP contribution in [0.3, 0.4) is 0 Å². The van der Waals surface area contributed by atoms with E-state index in [1.807, 2.05) is 74.5 Å². The summed E-state index contributed by atoms with van der Waals surface area (Å²) in [6.07, 6.45) is 1.71. The quantitative estimate of drug-likeness (QED) is 0.492. The zero-order valence-corrected chi connectivity index (χ0v) is 17.8.